The van der Waals surface area contributed by atoms with Crippen molar-refractivity contribution in [2.45, 2.75) is 69.1 Å². The predicted octanol–water partition coefficient (Wildman–Crippen LogP) is 4.98. The summed E-state index contributed by atoms with van der Waals surface area (Å²) >= 11 is 5.72. The molecule has 0 aliphatic carbocycles. The Hall–Kier alpha value is -3.16. The standard InChI is InChI=1S/C28H30ClF4N7O2/c1-13-24-19-8-6-15(34-19)11-40(24)25-20-23(36-27(37-25)41-12-16-4-3-9-39(16)2)21(30)22(35-26(20)42-13)17-10-14(38-29)5-7-18(17)28(31,32)33/h5,7,10,13,15-16,19,24,34,38H,3-4,6,8-9,11-12H2,1-2H3/t13-,15+,16-,19-,24+/m0/s1. The molecule has 9 nitrogen and oxygen atoms in total. The van der Waals surface area contributed by atoms with E-state index in [1.165, 1.54) is 0 Å². The van der Waals surface area contributed by atoms with Crippen LogP contribution in [0.5, 0.6) is 11.9 Å². The zero-order valence-corrected chi connectivity index (χ0v) is 23.8. The van der Waals surface area contributed by atoms with Crippen molar-refractivity contribution in [3.8, 4) is 23.1 Å². The minimum Gasteiger partial charge on any atom is -0.472 e. The molecule has 3 fully saturated rings. The quantitative estimate of drug-likeness (QED) is 0.308. The van der Waals surface area contributed by atoms with Crippen molar-refractivity contribution in [1.82, 2.24) is 25.2 Å². The Kier molecular flexibility index (Phi) is 6.74. The van der Waals surface area contributed by atoms with E-state index in [1.54, 1.807) is 0 Å². The van der Waals surface area contributed by atoms with Crippen molar-refractivity contribution in [1.29, 1.82) is 0 Å². The smallest absolute Gasteiger partial charge is 0.417 e. The predicted molar refractivity (Wildman–Crippen MR) is 150 cm³/mol. The fraction of sp³-hybridized carbons (Fsp3) is 0.536. The lowest BCUT2D eigenvalue weighted by Gasteiger charge is -2.42. The molecule has 4 aliphatic rings. The van der Waals surface area contributed by atoms with Crippen molar-refractivity contribution >= 4 is 34.2 Å². The molecular formula is C28H30ClF4N7O2. The van der Waals surface area contributed by atoms with Crippen molar-refractivity contribution in [3.05, 3.63) is 29.6 Å². The van der Waals surface area contributed by atoms with E-state index in [9.17, 15) is 13.2 Å². The topological polar surface area (TPSA) is 87.7 Å². The van der Waals surface area contributed by atoms with E-state index in [1.807, 2.05) is 14.0 Å². The molecule has 6 heterocycles. The molecule has 0 unspecified atom stereocenters. The van der Waals surface area contributed by atoms with E-state index in [0.29, 0.717) is 19.0 Å². The minimum absolute atomic E-state index is 0.0198. The lowest BCUT2D eigenvalue weighted by molar-refractivity contribution is -0.137. The molecule has 2 N–H and O–H groups in total. The summed E-state index contributed by atoms with van der Waals surface area (Å²) in [4.78, 5) is 20.2. The number of likely N-dealkylation sites (N-methyl/N-ethyl adjacent to an activating group) is 1. The number of nitrogens with one attached hydrogen (secondary N) is 2. The van der Waals surface area contributed by atoms with Crippen LogP contribution in [0, 0.1) is 5.82 Å². The number of aromatic nitrogens is 3. The molecule has 2 aromatic heterocycles. The molecule has 4 aliphatic heterocycles. The molecule has 3 aromatic rings. The minimum atomic E-state index is -4.78. The molecule has 1 aromatic carbocycles. The molecule has 14 heteroatoms. The van der Waals surface area contributed by atoms with Gasteiger partial charge in [-0.25, -0.2) is 9.37 Å². The first-order valence-corrected chi connectivity index (χ1v) is 14.5. The van der Waals surface area contributed by atoms with Crippen LogP contribution < -0.4 is 24.5 Å². The zero-order valence-electron chi connectivity index (χ0n) is 23.0. The molecule has 3 saturated heterocycles. The number of anilines is 2. The number of piperazine rings is 1. The second-order valence-corrected chi connectivity index (χ2v) is 11.8. The molecule has 5 atom stereocenters. The van der Waals surface area contributed by atoms with E-state index in [0.717, 1.165) is 50.4 Å². The number of rotatable bonds is 5. The molecule has 0 spiro atoms. The van der Waals surface area contributed by atoms with Gasteiger partial charge in [-0.05, 0) is 64.4 Å². The monoisotopic (exact) mass is 607 g/mol. The normalized spacial score (nSPS) is 27.1. The first kappa shape index (κ1) is 27.7. The Balaban J connectivity index is 1.44. The molecule has 2 bridgehead atoms. The summed E-state index contributed by atoms with van der Waals surface area (Å²) in [6.45, 7) is 3.75. The van der Waals surface area contributed by atoms with E-state index in [-0.39, 0.29) is 52.6 Å². The molecule has 0 radical (unpaired) electrons. The highest BCUT2D eigenvalue weighted by molar-refractivity contribution is 6.24. The van der Waals surface area contributed by atoms with Crippen molar-refractivity contribution < 1.29 is 27.0 Å². The van der Waals surface area contributed by atoms with E-state index in [2.05, 4.69) is 29.9 Å². The lowest BCUT2D eigenvalue weighted by atomic mass is 9.99. The number of benzene rings is 1. The summed E-state index contributed by atoms with van der Waals surface area (Å²) < 4.78 is 71.4. The summed E-state index contributed by atoms with van der Waals surface area (Å²) in [7, 11) is 2.02. The number of pyridine rings is 1. The maximum absolute atomic E-state index is 16.6. The highest BCUT2D eigenvalue weighted by atomic mass is 35.5. The average Bonchev–Trinajstić information content (AvgIpc) is 3.52. The Morgan fingerprint density at radius 1 is 1.19 bits per heavy atom. The number of likely N-dealkylation sites (tertiary alicyclic amines) is 1. The number of fused-ring (bicyclic) bond motifs is 5. The fourth-order valence-electron chi connectivity index (χ4n) is 6.94. The van der Waals surface area contributed by atoms with Gasteiger partial charge in [0, 0.05) is 47.7 Å². The van der Waals surface area contributed by atoms with Crippen LogP contribution in [0.3, 0.4) is 0 Å². The molecule has 0 amide bonds. The van der Waals surface area contributed by atoms with Gasteiger partial charge in [0.2, 0.25) is 5.88 Å². The SMILES string of the molecule is C[C@@H]1Oc2nc(-c3cc(NCl)ccc3C(F)(F)F)c(F)c3nc(OC[C@@H]4CCCN4C)nc(c23)N2C[C@H]3CC[C@H](N3)[C@@H]12. The van der Waals surface area contributed by atoms with E-state index >= 15 is 4.39 Å². The van der Waals surface area contributed by atoms with Crippen LogP contribution in [-0.2, 0) is 6.18 Å². The first-order valence-electron chi connectivity index (χ1n) is 14.1. The number of halogens is 5. The van der Waals surface area contributed by atoms with Gasteiger partial charge in [0.25, 0.3) is 0 Å². The van der Waals surface area contributed by atoms with Crippen LogP contribution in [-0.4, -0.2) is 76.9 Å². The van der Waals surface area contributed by atoms with Gasteiger partial charge in [-0.3, -0.25) is 4.84 Å². The number of ether oxygens (including phenoxy) is 2. The molecular weight excluding hydrogens is 578 g/mol. The van der Waals surface area contributed by atoms with Gasteiger partial charge in [0.05, 0.1) is 11.6 Å². The molecule has 7 rings (SSSR count). The molecule has 224 valence electrons. The third-order valence-corrected chi connectivity index (χ3v) is 9.21. The highest BCUT2D eigenvalue weighted by Crippen LogP contribution is 2.46. The summed E-state index contributed by atoms with van der Waals surface area (Å²) in [5.41, 5.74) is -2.15. The molecule has 42 heavy (non-hydrogen) atoms. The largest absolute Gasteiger partial charge is 0.472 e. The van der Waals surface area contributed by atoms with Crippen molar-refractivity contribution in [3.63, 3.8) is 0 Å². The second kappa shape index (κ2) is 10.2. The van der Waals surface area contributed by atoms with Crippen LogP contribution in [0.4, 0.5) is 29.1 Å². The number of hydrogen-bond donors (Lipinski definition) is 2. The fourth-order valence-corrected chi connectivity index (χ4v) is 7.06. The number of hydrogen-bond acceptors (Lipinski definition) is 9. The summed E-state index contributed by atoms with van der Waals surface area (Å²) in [6, 6.07) is 3.40. The van der Waals surface area contributed by atoms with Gasteiger partial charge in [-0.2, -0.15) is 23.1 Å². The van der Waals surface area contributed by atoms with Gasteiger partial charge >= 0.3 is 12.2 Å². The second-order valence-electron chi connectivity index (χ2n) is 11.6. The van der Waals surface area contributed by atoms with Gasteiger partial charge < -0.3 is 24.6 Å². The van der Waals surface area contributed by atoms with Gasteiger partial charge in [-0.1, -0.05) is 0 Å². The maximum atomic E-state index is 16.6. The van der Waals surface area contributed by atoms with Crippen LogP contribution in [0.15, 0.2) is 18.2 Å². The summed E-state index contributed by atoms with van der Waals surface area (Å²) in [5.74, 6) is -0.624. The van der Waals surface area contributed by atoms with Crippen LogP contribution >= 0.6 is 11.8 Å². The van der Waals surface area contributed by atoms with Crippen molar-refractivity contribution in [2.24, 2.45) is 0 Å². The van der Waals surface area contributed by atoms with Crippen LogP contribution in [0.1, 0.15) is 38.2 Å². The lowest BCUT2D eigenvalue weighted by Crippen LogP contribution is -2.62. The third-order valence-electron chi connectivity index (χ3n) is 8.99. The number of nitrogens with zero attached hydrogens (tertiary/aromatic N) is 5. The average molecular weight is 608 g/mol. The number of alkyl halides is 3. The Labute approximate surface area is 244 Å². The highest BCUT2D eigenvalue weighted by Gasteiger charge is 2.47. The van der Waals surface area contributed by atoms with Gasteiger partial charge in [-0.15, -0.1) is 0 Å². The Bertz CT molecular complexity index is 1540. The van der Waals surface area contributed by atoms with Crippen molar-refractivity contribution in [2.75, 3.05) is 36.5 Å². The maximum Gasteiger partial charge on any atom is 0.417 e. The summed E-state index contributed by atoms with van der Waals surface area (Å²) in [5, 5.41) is 3.85. The van der Waals surface area contributed by atoms with Crippen LogP contribution in [0.2, 0.25) is 0 Å². The Morgan fingerprint density at radius 2 is 2.02 bits per heavy atom. The van der Waals surface area contributed by atoms with E-state index in [4.69, 9.17) is 26.2 Å². The first-order chi connectivity index (χ1) is 20.1. The zero-order chi connectivity index (χ0) is 29.3. The summed E-state index contributed by atoms with van der Waals surface area (Å²) in [6.07, 6.45) is -1.31. The van der Waals surface area contributed by atoms with E-state index < -0.39 is 34.9 Å². The van der Waals surface area contributed by atoms with Gasteiger partial charge in [0.1, 0.15) is 35.1 Å². The third kappa shape index (κ3) is 4.56. The molecule has 0 saturated carbocycles. The van der Waals surface area contributed by atoms with Crippen LogP contribution in [0.25, 0.3) is 22.2 Å². The Morgan fingerprint density at radius 3 is 2.76 bits per heavy atom. The van der Waals surface area contributed by atoms with Gasteiger partial charge in [0.15, 0.2) is 5.82 Å².